The van der Waals surface area contributed by atoms with Gasteiger partial charge in [-0.05, 0) is 109 Å². The molecule has 3 heteroatoms. The predicted octanol–water partition coefficient (Wildman–Crippen LogP) is 8.96. The van der Waals surface area contributed by atoms with E-state index in [2.05, 4.69) is 76.8 Å². The highest BCUT2D eigenvalue weighted by Crippen LogP contribution is 2.36. The number of carbonyl (C=O) groups is 1. The van der Waals surface area contributed by atoms with Crippen molar-refractivity contribution >= 4 is 17.2 Å². The molecule has 0 saturated heterocycles. The third-order valence-corrected chi connectivity index (χ3v) is 8.36. The quantitative estimate of drug-likeness (QED) is 0.288. The van der Waals surface area contributed by atoms with Crippen LogP contribution in [0.5, 0.6) is 0 Å². The molecule has 0 aliphatic heterocycles. The van der Waals surface area contributed by atoms with Crippen LogP contribution in [0.4, 0.5) is 0 Å². The third-order valence-electron chi connectivity index (χ3n) is 8.36. The van der Waals surface area contributed by atoms with Gasteiger partial charge in [-0.1, -0.05) is 80.6 Å². The Morgan fingerprint density at radius 3 is 2.26 bits per heavy atom. The normalized spacial score (nSPS) is 14.8. The Labute approximate surface area is 228 Å². The second-order valence-electron chi connectivity index (χ2n) is 11.2. The first-order valence-corrected chi connectivity index (χ1v) is 13.8. The maximum Gasteiger partial charge on any atom is 0.336 e. The van der Waals surface area contributed by atoms with E-state index < -0.39 is 5.97 Å². The number of benzene rings is 3. The van der Waals surface area contributed by atoms with E-state index in [4.69, 9.17) is 0 Å². The number of carboxylic acid groups (broad SMARTS) is 1. The molecular weight excluding hydrogens is 466 g/mol. The van der Waals surface area contributed by atoms with Crippen LogP contribution in [0.15, 0.2) is 78.9 Å². The lowest BCUT2D eigenvalue weighted by Crippen LogP contribution is -2.33. The Hall–Kier alpha value is -3.59. The van der Waals surface area contributed by atoms with Crippen molar-refractivity contribution in [2.45, 2.75) is 72.3 Å². The van der Waals surface area contributed by atoms with Gasteiger partial charge in [0.25, 0.3) is 0 Å². The SMILES string of the molecule is C=C(NC1CCC1)c1ccc(C(C)C(C)Cc2ccc(-c3ccccc3C(=O)O)cc2)c(C(C)=C(C)C)c1. The average Bonchev–Trinajstić information content (AvgIpc) is 2.89. The molecule has 0 bridgehead atoms. The third kappa shape index (κ3) is 6.10. The Kier molecular flexibility index (Phi) is 8.56. The molecule has 0 aromatic heterocycles. The van der Waals surface area contributed by atoms with Crippen molar-refractivity contribution in [3.8, 4) is 11.1 Å². The number of allylic oxidation sites excluding steroid dienone is 2. The van der Waals surface area contributed by atoms with Crippen LogP contribution < -0.4 is 5.32 Å². The molecule has 1 aliphatic rings. The smallest absolute Gasteiger partial charge is 0.336 e. The minimum atomic E-state index is -0.900. The fourth-order valence-electron chi connectivity index (χ4n) is 5.21. The van der Waals surface area contributed by atoms with Gasteiger partial charge in [-0.15, -0.1) is 0 Å². The molecule has 2 unspecified atom stereocenters. The van der Waals surface area contributed by atoms with E-state index in [0.29, 0.717) is 23.4 Å². The summed E-state index contributed by atoms with van der Waals surface area (Å²) in [7, 11) is 0. The number of aromatic carboxylic acids is 1. The molecule has 198 valence electrons. The summed E-state index contributed by atoms with van der Waals surface area (Å²) in [6, 6.07) is 23.0. The largest absolute Gasteiger partial charge is 0.478 e. The molecule has 2 N–H and O–H groups in total. The van der Waals surface area contributed by atoms with Crippen molar-refractivity contribution in [2.24, 2.45) is 5.92 Å². The van der Waals surface area contributed by atoms with Gasteiger partial charge in [-0.25, -0.2) is 4.79 Å². The van der Waals surface area contributed by atoms with Gasteiger partial charge in [0.1, 0.15) is 0 Å². The Morgan fingerprint density at radius 1 is 0.974 bits per heavy atom. The molecule has 3 aromatic carbocycles. The van der Waals surface area contributed by atoms with Gasteiger partial charge < -0.3 is 10.4 Å². The summed E-state index contributed by atoms with van der Waals surface area (Å²) >= 11 is 0. The second-order valence-corrected chi connectivity index (χ2v) is 11.2. The van der Waals surface area contributed by atoms with Crippen LogP contribution >= 0.6 is 0 Å². The lowest BCUT2D eigenvalue weighted by atomic mass is 9.80. The number of carboxylic acids is 1. The van der Waals surface area contributed by atoms with Crippen LogP contribution in [0.3, 0.4) is 0 Å². The van der Waals surface area contributed by atoms with Crippen molar-refractivity contribution in [2.75, 3.05) is 0 Å². The molecule has 1 saturated carbocycles. The van der Waals surface area contributed by atoms with E-state index >= 15 is 0 Å². The summed E-state index contributed by atoms with van der Waals surface area (Å²) in [6.07, 6.45) is 4.73. The Morgan fingerprint density at radius 2 is 1.66 bits per heavy atom. The van der Waals surface area contributed by atoms with Crippen molar-refractivity contribution in [3.05, 3.63) is 107 Å². The van der Waals surface area contributed by atoms with Crippen molar-refractivity contribution < 1.29 is 9.90 Å². The monoisotopic (exact) mass is 507 g/mol. The first-order chi connectivity index (χ1) is 18.2. The van der Waals surface area contributed by atoms with Crippen LogP contribution in [-0.2, 0) is 6.42 Å². The lowest BCUT2D eigenvalue weighted by Gasteiger charge is -2.29. The zero-order valence-corrected chi connectivity index (χ0v) is 23.5. The van der Waals surface area contributed by atoms with E-state index in [9.17, 15) is 9.90 Å². The molecule has 1 aliphatic carbocycles. The Balaban J connectivity index is 1.54. The minimum absolute atomic E-state index is 0.332. The number of hydrogen-bond donors (Lipinski definition) is 2. The summed E-state index contributed by atoms with van der Waals surface area (Å²) in [5.74, 6) is -0.102. The van der Waals surface area contributed by atoms with E-state index in [1.807, 2.05) is 24.3 Å². The van der Waals surface area contributed by atoms with Crippen LogP contribution in [0.2, 0.25) is 0 Å². The molecule has 4 rings (SSSR count). The molecule has 3 aromatic rings. The van der Waals surface area contributed by atoms with Crippen molar-refractivity contribution in [1.82, 2.24) is 5.32 Å². The molecule has 2 atom stereocenters. The molecule has 0 radical (unpaired) electrons. The number of rotatable bonds is 10. The first-order valence-electron chi connectivity index (χ1n) is 13.8. The maximum atomic E-state index is 11.6. The zero-order chi connectivity index (χ0) is 27.4. The van der Waals surface area contributed by atoms with Crippen LogP contribution in [-0.4, -0.2) is 17.1 Å². The summed E-state index contributed by atoms with van der Waals surface area (Å²) in [4.78, 5) is 11.6. The van der Waals surface area contributed by atoms with Crippen molar-refractivity contribution in [1.29, 1.82) is 0 Å². The molecular formula is C35H41NO2. The van der Waals surface area contributed by atoms with E-state index in [1.54, 1.807) is 12.1 Å². The summed E-state index contributed by atoms with van der Waals surface area (Å²) < 4.78 is 0. The van der Waals surface area contributed by atoms with Gasteiger partial charge in [-0.2, -0.15) is 0 Å². The fraction of sp³-hybridized carbons (Fsp3) is 0.343. The molecule has 38 heavy (non-hydrogen) atoms. The first kappa shape index (κ1) is 27.4. The standard InChI is InChI=1S/C35H41NO2/c1-22(2)24(4)34-21-29(26(6)36-30-10-9-11-30)18-19-31(34)25(5)23(3)20-27-14-16-28(17-15-27)32-12-7-8-13-33(32)35(37)38/h7-8,12-19,21,23,25,30,36H,6,9-11,20H2,1-5H3,(H,37,38). The summed E-state index contributed by atoms with van der Waals surface area (Å²) in [6.45, 7) is 15.6. The highest BCUT2D eigenvalue weighted by atomic mass is 16.4. The summed E-state index contributed by atoms with van der Waals surface area (Å²) in [5, 5.41) is 13.2. The van der Waals surface area contributed by atoms with Gasteiger partial charge in [-0.3, -0.25) is 0 Å². The lowest BCUT2D eigenvalue weighted by molar-refractivity contribution is 0.0697. The zero-order valence-electron chi connectivity index (χ0n) is 23.5. The van der Waals surface area contributed by atoms with Gasteiger partial charge in [0.2, 0.25) is 0 Å². The average molecular weight is 508 g/mol. The van der Waals surface area contributed by atoms with Crippen LogP contribution in [0.25, 0.3) is 22.4 Å². The highest BCUT2D eigenvalue weighted by Gasteiger charge is 2.22. The molecule has 0 heterocycles. The maximum absolute atomic E-state index is 11.6. The van der Waals surface area contributed by atoms with E-state index in [0.717, 1.165) is 23.2 Å². The molecule has 0 amide bonds. The van der Waals surface area contributed by atoms with Gasteiger partial charge >= 0.3 is 5.97 Å². The Bertz CT molecular complexity index is 1340. The van der Waals surface area contributed by atoms with Crippen molar-refractivity contribution in [3.63, 3.8) is 0 Å². The molecule has 1 fully saturated rings. The number of nitrogens with one attached hydrogen (secondary N) is 1. The minimum Gasteiger partial charge on any atom is -0.478 e. The van der Waals surface area contributed by atoms with Crippen LogP contribution in [0, 0.1) is 5.92 Å². The number of hydrogen-bond acceptors (Lipinski definition) is 2. The summed E-state index contributed by atoms with van der Waals surface area (Å²) in [5.41, 5.74) is 10.8. The second kappa shape index (κ2) is 11.9. The van der Waals surface area contributed by atoms with Crippen LogP contribution in [0.1, 0.15) is 92.4 Å². The van der Waals surface area contributed by atoms with Gasteiger partial charge in [0.15, 0.2) is 0 Å². The molecule has 3 nitrogen and oxygen atoms in total. The molecule has 0 spiro atoms. The topological polar surface area (TPSA) is 49.3 Å². The van der Waals surface area contributed by atoms with E-state index in [1.165, 1.54) is 52.7 Å². The predicted molar refractivity (Wildman–Crippen MR) is 160 cm³/mol. The highest BCUT2D eigenvalue weighted by molar-refractivity contribution is 5.96. The fourth-order valence-corrected chi connectivity index (χ4v) is 5.21. The van der Waals surface area contributed by atoms with E-state index in [-0.39, 0.29) is 0 Å². The van der Waals surface area contributed by atoms with Gasteiger partial charge in [0, 0.05) is 11.7 Å². The van der Waals surface area contributed by atoms with Gasteiger partial charge in [0.05, 0.1) is 5.56 Å².